The molecule has 152 valence electrons. The average Bonchev–Trinajstić information content (AvgIpc) is 3.04. The second-order valence-electron chi connectivity index (χ2n) is 8.60. The van der Waals surface area contributed by atoms with Crippen molar-refractivity contribution < 1.29 is 9.53 Å². The van der Waals surface area contributed by atoms with E-state index in [-0.39, 0.29) is 11.6 Å². The monoisotopic (exact) mass is 409 g/mol. The predicted molar refractivity (Wildman–Crippen MR) is 115 cm³/mol. The fourth-order valence-electron chi connectivity index (χ4n) is 4.22. The Bertz CT molecular complexity index is 922. The number of nitrogens with zero attached hydrogens (tertiary/aromatic N) is 2. The number of likely N-dealkylation sites (tertiary alicyclic amines) is 1. The van der Waals surface area contributed by atoms with E-state index in [1.807, 2.05) is 24.8 Å². The summed E-state index contributed by atoms with van der Waals surface area (Å²) in [7, 11) is 0. The number of rotatable bonds is 3. The summed E-state index contributed by atoms with van der Waals surface area (Å²) in [5.74, 6) is 0.615. The van der Waals surface area contributed by atoms with Crippen LogP contribution in [0.4, 0.5) is 9.80 Å². The van der Waals surface area contributed by atoms with Crippen molar-refractivity contribution in [1.29, 1.82) is 5.26 Å². The molecular formula is C23H27N3O2S. The van der Waals surface area contributed by atoms with E-state index in [9.17, 15) is 10.1 Å². The van der Waals surface area contributed by atoms with Crippen molar-refractivity contribution in [1.82, 2.24) is 4.90 Å². The van der Waals surface area contributed by atoms with Gasteiger partial charge in [0.05, 0.1) is 17.8 Å². The third-order valence-electron chi connectivity index (χ3n) is 5.89. The molecule has 0 aliphatic carbocycles. The van der Waals surface area contributed by atoms with Crippen LogP contribution in [0.5, 0.6) is 0 Å². The zero-order valence-corrected chi connectivity index (χ0v) is 17.8. The van der Waals surface area contributed by atoms with E-state index in [0.29, 0.717) is 29.5 Å². The lowest BCUT2D eigenvalue weighted by Crippen LogP contribution is -2.41. The summed E-state index contributed by atoms with van der Waals surface area (Å²) < 4.78 is 5.86. The molecule has 1 fully saturated rings. The highest BCUT2D eigenvalue weighted by molar-refractivity contribution is 7.16. The number of amides is 2. The summed E-state index contributed by atoms with van der Waals surface area (Å²) in [6.45, 7) is 6.08. The second kappa shape index (κ2) is 8.17. The van der Waals surface area contributed by atoms with Gasteiger partial charge in [-0.25, -0.2) is 4.79 Å². The van der Waals surface area contributed by atoms with Gasteiger partial charge >= 0.3 is 6.03 Å². The number of nitrogens with one attached hydrogen (secondary N) is 1. The van der Waals surface area contributed by atoms with Gasteiger partial charge in [0.25, 0.3) is 0 Å². The summed E-state index contributed by atoms with van der Waals surface area (Å²) in [6.07, 6.45) is 3.79. The first-order chi connectivity index (χ1) is 13.9. The van der Waals surface area contributed by atoms with Crippen molar-refractivity contribution in [3.05, 3.63) is 51.9 Å². The van der Waals surface area contributed by atoms with Gasteiger partial charge in [-0.3, -0.25) is 5.32 Å². The van der Waals surface area contributed by atoms with Crippen LogP contribution in [0.1, 0.15) is 48.3 Å². The Morgan fingerprint density at radius 2 is 2.03 bits per heavy atom. The van der Waals surface area contributed by atoms with E-state index in [2.05, 4.69) is 35.7 Å². The SMILES string of the molecule is CC1(C)Cc2c(sc(NC(=O)N3CCC(Cc4ccccc4)CC3)c2C#N)CO1. The van der Waals surface area contributed by atoms with Gasteiger partial charge in [-0.1, -0.05) is 30.3 Å². The number of nitriles is 1. The number of benzene rings is 1. The molecule has 1 N–H and O–H groups in total. The minimum Gasteiger partial charge on any atom is -0.370 e. The molecule has 0 spiro atoms. The van der Waals surface area contributed by atoms with Gasteiger partial charge in [0, 0.05) is 24.4 Å². The van der Waals surface area contributed by atoms with E-state index < -0.39 is 0 Å². The van der Waals surface area contributed by atoms with Crippen LogP contribution in [-0.2, 0) is 24.2 Å². The van der Waals surface area contributed by atoms with Crippen LogP contribution in [0.2, 0.25) is 0 Å². The predicted octanol–water partition coefficient (Wildman–Crippen LogP) is 4.96. The molecule has 0 atom stereocenters. The maximum atomic E-state index is 12.8. The number of fused-ring (bicyclic) bond motifs is 1. The van der Waals surface area contributed by atoms with Gasteiger partial charge < -0.3 is 9.64 Å². The van der Waals surface area contributed by atoms with Gasteiger partial charge in [0.1, 0.15) is 11.1 Å². The Hall–Kier alpha value is -2.36. The Balaban J connectivity index is 1.37. The summed E-state index contributed by atoms with van der Waals surface area (Å²) in [4.78, 5) is 15.8. The number of piperidine rings is 1. The van der Waals surface area contributed by atoms with Crippen molar-refractivity contribution >= 4 is 22.4 Å². The molecule has 2 aliphatic heterocycles. The molecule has 0 bridgehead atoms. The van der Waals surface area contributed by atoms with Gasteiger partial charge in [-0.15, -0.1) is 11.3 Å². The Morgan fingerprint density at radius 1 is 1.31 bits per heavy atom. The highest BCUT2D eigenvalue weighted by Gasteiger charge is 2.32. The van der Waals surface area contributed by atoms with Gasteiger partial charge in [0.2, 0.25) is 0 Å². The van der Waals surface area contributed by atoms with E-state index in [4.69, 9.17) is 4.74 Å². The molecule has 2 aromatic rings. The molecule has 0 saturated carbocycles. The number of hydrogen-bond acceptors (Lipinski definition) is 4. The molecule has 2 aliphatic rings. The lowest BCUT2D eigenvalue weighted by atomic mass is 9.90. The lowest BCUT2D eigenvalue weighted by Gasteiger charge is -2.32. The molecule has 1 aromatic carbocycles. The maximum Gasteiger partial charge on any atom is 0.322 e. The van der Waals surface area contributed by atoms with E-state index >= 15 is 0 Å². The molecule has 0 radical (unpaired) electrons. The van der Waals surface area contributed by atoms with Gasteiger partial charge in [-0.05, 0) is 50.2 Å². The molecule has 6 heteroatoms. The number of urea groups is 1. The lowest BCUT2D eigenvalue weighted by molar-refractivity contribution is -0.0383. The normalized spacial score (nSPS) is 18.7. The third kappa shape index (κ3) is 4.47. The number of ether oxygens (including phenoxy) is 1. The highest BCUT2D eigenvalue weighted by atomic mass is 32.1. The van der Waals surface area contributed by atoms with Crippen LogP contribution in [0.25, 0.3) is 0 Å². The van der Waals surface area contributed by atoms with Crippen LogP contribution in [-0.4, -0.2) is 29.6 Å². The zero-order chi connectivity index (χ0) is 20.4. The fourth-order valence-corrected chi connectivity index (χ4v) is 5.29. The maximum absolute atomic E-state index is 12.8. The van der Waals surface area contributed by atoms with Crippen molar-refractivity contribution in [2.45, 2.75) is 51.7 Å². The van der Waals surface area contributed by atoms with Crippen molar-refractivity contribution in [3.8, 4) is 6.07 Å². The first kappa shape index (κ1) is 19.9. The second-order valence-corrected chi connectivity index (χ2v) is 9.70. The minimum absolute atomic E-state index is 0.0987. The molecule has 1 saturated heterocycles. The smallest absolute Gasteiger partial charge is 0.322 e. The van der Waals surface area contributed by atoms with E-state index in [1.54, 1.807) is 0 Å². The number of anilines is 1. The van der Waals surface area contributed by atoms with E-state index in [0.717, 1.165) is 42.8 Å². The van der Waals surface area contributed by atoms with Crippen molar-refractivity contribution in [2.24, 2.45) is 5.92 Å². The van der Waals surface area contributed by atoms with Crippen LogP contribution < -0.4 is 5.32 Å². The first-order valence-corrected chi connectivity index (χ1v) is 11.1. The molecule has 2 amide bonds. The summed E-state index contributed by atoms with van der Waals surface area (Å²) >= 11 is 1.48. The minimum atomic E-state index is -0.276. The van der Waals surface area contributed by atoms with Crippen molar-refractivity contribution in [3.63, 3.8) is 0 Å². The molecule has 3 heterocycles. The molecule has 5 nitrogen and oxygen atoms in total. The standard InChI is InChI=1S/C23H27N3O2S/c1-23(2)13-18-19(14-24)21(29-20(18)15-28-23)25-22(27)26-10-8-17(9-11-26)12-16-6-4-3-5-7-16/h3-7,17H,8-13,15H2,1-2H3,(H,25,27). The number of carbonyl (C=O) groups excluding carboxylic acids is 1. The quantitative estimate of drug-likeness (QED) is 0.779. The molecule has 29 heavy (non-hydrogen) atoms. The van der Waals surface area contributed by atoms with Crippen LogP contribution in [0, 0.1) is 17.2 Å². The number of hydrogen-bond donors (Lipinski definition) is 1. The first-order valence-electron chi connectivity index (χ1n) is 10.2. The van der Waals surface area contributed by atoms with Crippen LogP contribution in [0.3, 0.4) is 0 Å². The van der Waals surface area contributed by atoms with Gasteiger partial charge in [0.15, 0.2) is 0 Å². The molecule has 1 aromatic heterocycles. The van der Waals surface area contributed by atoms with Crippen molar-refractivity contribution in [2.75, 3.05) is 18.4 Å². The number of carbonyl (C=O) groups is 1. The molecule has 4 rings (SSSR count). The molecular weight excluding hydrogens is 382 g/mol. The van der Waals surface area contributed by atoms with Gasteiger partial charge in [-0.2, -0.15) is 5.26 Å². The van der Waals surface area contributed by atoms with Crippen LogP contribution in [0.15, 0.2) is 30.3 Å². The average molecular weight is 410 g/mol. The third-order valence-corrected chi connectivity index (χ3v) is 7.01. The summed E-state index contributed by atoms with van der Waals surface area (Å²) in [5.41, 5.74) is 2.73. The topological polar surface area (TPSA) is 65.4 Å². The Labute approximate surface area is 176 Å². The fraction of sp³-hybridized carbons (Fsp3) is 0.478. The largest absolute Gasteiger partial charge is 0.370 e. The summed E-state index contributed by atoms with van der Waals surface area (Å²) in [6, 6.07) is 12.8. The zero-order valence-electron chi connectivity index (χ0n) is 17.0. The Kier molecular flexibility index (Phi) is 5.62. The highest BCUT2D eigenvalue weighted by Crippen LogP contribution is 2.40. The van der Waals surface area contributed by atoms with E-state index in [1.165, 1.54) is 16.9 Å². The van der Waals surface area contributed by atoms with Crippen LogP contribution >= 0.6 is 11.3 Å². The number of thiophene rings is 1. The molecule has 0 unspecified atom stereocenters. The Morgan fingerprint density at radius 3 is 2.72 bits per heavy atom. The summed E-state index contributed by atoms with van der Waals surface area (Å²) in [5, 5.41) is 13.4.